The van der Waals surface area contributed by atoms with Crippen molar-refractivity contribution in [1.82, 2.24) is 34.8 Å². The van der Waals surface area contributed by atoms with E-state index in [1.807, 2.05) is 33.7 Å². The van der Waals surface area contributed by atoms with E-state index in [9.17, 15) is 4.79 Å². The highest BCUT2D eigenvalue weighted by Gasteiger charge is 2.26. The lowest BCUT2D eigenvalue weighted by Crippen LogP contribution is -2.49. The molecule has 1 saturated heterocycles. The minimum atomic E-state index is -0.0470. The van der Waals surface area contributed by atoms with Gasteiger partial charge in [0.15, 0.2) is 5.58 Å². The van der Waals surface area contributed by atoms with Crippen molar-refractivity contribution in [3.05, 3.63) is 46.9 Å². The van der Waals surface area contributed by atoms with Crippen LogP contribution in [0.4, 0.5) is 6.01 Å². The molecule has 5 rings (SSSR count). The largest absolute Gasteiger partial charge is 0.422 e. The lowest BCUT2D eigenvalue weighted by Gasteiger charge is -2.33. The Morgan fingerprint density at radius 2 is 1.91 bits per heavy atom. The van der Waals surface area contributed by atoms with Gasteiger partial charge in [-0.05, 0) is 36.1 Å². The summed E-state index contributed by atoms with van der Waals surface area (Å²) in [5.41, 5.74) is 4.04. The Labute approximate surface area is 207 Å². The van der Waals surface area contributed by atoms with E-state index in [0.717, 1.165) is 17.8 Å². The number of aryl methyl sites for hydroxylation is 1. The molecule has 10 nitrogen and oxygen atoms in total. The van der Waals surface area contributed by atoms with Crippen LogP contribution in [-0.2, 0) is 6.54 Å². The molecule has 0 unspecified atom stereocenters. The van der Waals surface area contributed by atoms with Crippen LogP contribution in [0, 0.1) is 12.3 Å². The molecule has 0 aliphatic carbocycles. The molecule has 1 amide bonds. The van der Waals surface area contributed by atoms with E-state index in [1.54, 1.807) is 18.3 Å². The zero-order valence-electron chi connectivity index (χ0n) is 20.2. The van der Waals surface area contributed by atoms with Crippen molar-refractivity contribution < 1.29 is 9.21 Å². The number of anilines is 1. The van der Waals surface area contributed by atoms with E-state index in [2.05, 4.69) is 46.0 Å². The van der Waals surface area contributed by atoms with Crippen LogP contribution in [0.1, 0.15) is 36.7 Å². The summed E-state index contributed by atoms with van der Waals surface area (Å²) in [7, 11) is 0. The number of hydrogen-bond acceptors (Lipinski definition) is 8. The second-order valence-corrected chi connectivity index (χ2v) is 10.4. The molecule has 11 heteroatoms. The monoisotopic (exact) mass is 494 g/mol. The van der Waals surface area contributed by atoms with Crippen molar-refractivity contribution >= 4 is 34.8 Å². The maximum atomic E-state index is 13.2. The Morgan fingerprint density at radius 3 is 2.63 bits per heavy atom. The van der Waals surface area contributed by atoms with Gasteiger partial charge < -0.3 is 14.2 Å². The molecule has 1 aliphatic rings. The van der Waals surface area contributed by atoms with Gasteiger partial charge in [0.2, 0.25) is 5.65 Å². The number of piperazine rings is 1. The fraction of sp³-hybridized carbons (Fsp3) is 0.417. The smallest absolute Gasteiger partial charge is 0.300 e. The Bertz CT molecular complexity index is 1380. The van der Waals surface area contributed by atoms with Gasteiger partial charge in [-0.3, -0.25) is 14.5 Å². The molecule has 5 heterocycles. The molecule has 0 bridgehead atoms. The zero-order valence-corrected chi connectivity index (χ0v) is 21.0. The molecule has 0 radical (unpaired) electrons. The van der Waals surface area contributed by atoms with Gasteiger partial charge in [0.05, 0.1) is 17.5 Å². The van der Waals surface area contributed by atoms with Crippen LogP contribution in [-0.4, -0.2) is 66.9 Å². The zero-order chi connectivity index (χ0) is 24.7. The first kappa shape index (κ1) is 23.2. The highest BCUT2D eigenvalue weighted by atomic mass is 35.5. The fourth-order valence-electron chi connectivity index (χ4n) is 4.13. The Hall–Kier alpha value is -3.53. The SMILES string of the molecule is Cc1cc(C(=O)N2CCN(c3nc4nc(Cl)ccc4o3)CC2)cnc1-c1cn(CC(C)(C)C)nn1. The number of rotatable bonds is 4. The minimum absolute atomic E-state index is 0.0470. The lowest BCUT2D eigenvalue weighted by molar-refractivity contribution is 0.0744. The third-order valence-corrected chi connectivity index (χ3v) is 6.00. The lowest BCUT2D eigenvalue weighted by atomic mass is 9.97. The third-order valence-electron chi connectivity index (χ3n) is 5.79. The average molecular weight is 495 g/mol. The number of fused-ring (bicyclic) bond motifs is 1. The van der Waals surface area contributed by atoms with Gasteiger partial charge >= 0.3 is 0 Å². The van der Waals surface area contributed by atoms with E-state index < -0.39 is 0 Å². The van der Waals surface area contributed by atoms with Gasteiger partial charge in [-0.1, -0.05) is 37.6 Å². The third kappa shape index (κ3) is 4.97. The summed E-state index contributed by atoms with van der Waals surface area (Å²) in [5.74, 6) is -0.0470. The van der Waals surface area contributed by atoms with Crippen LogP contribution in [0.15, 0.2) is 35.0 Å². The maximum Gasteiger partial charge on any atom is 0.300 e. The number of nitrogens with zero attached hydrogens (tertiary/aromatic N) is 8. The number of oxazole rings is 1. The number of carbonyl (C=O) groups is 1. The number of pyridine rings is 2. The Morgan fingerprint density at radius 1 is 1.14 bits per heavy atom. The molecule has 4 aromatic rings. The van der Waals surface area contributed by atoms with Gasteiger partial charge in [-0.15, -0.1) is 5.10 Å². The molecular weight excluding hydrogens is 468 g/mol. The van der Waals surface area contributed by atoms with Crippen LogP contribution >= 0.6 is 11.6 Å². The molecule has 182 valence electrons. The van der Waals surface area contributed by atoms with Crippen LogP contribution in [0.2, 0.25) is 5.15 Å². The van der Waals surface area contributed by atoms with E-state index in [4.69, 9.17) is 16.0 Å². The van der Waals surface area contributed by atoms with E-state index in [1.165, 1.54) is 0 Å². The first-order chi connectivity index (χ1) is 16.7. The van der Waals surface area contributed by atoms with Crippen molar-refractivity contribution in [2.45, 2.75) is 34.2 Å². The molecule has 35 heavy (non-hydrogen) atoms. The Balaban J connectivity index is 1.25. The summed E-state index contributed by atoms with van der Waals surface area (Å²) >= 11 is 5.94. The molecule has 0 aromatic carbocycles. The van der Waals surface area contributed by atoms with Gasteiger partial charge in [0.25, 0.3) is 11.9 Å². The first-order valence-corrected chi connectivity index (χ1v) is 11.9. The van der Waals surface area contributed by atoms with Crippen molar-refractivity contribution in [3.8, 4) is 11.4 Å². The van der Waals surface area contributed by atoms with Crippen LogP contribution in [0.5, 0.6) is 0 Å². The summed E-state index contributed by atoms with van der Waals surface area (Å²) in [6, 6.07) is 5.79. The van der Waals surface area contributed by atoms with E-state index in [-0.39, 0.29) is 11.3 Å². The molecule has 4 aromatic heterocycles. The van der Waals surface area contributed by atoms with Gasteiger partial charge in [-0.25, -0.2) is 4.98 Å². The number of amides is 1. The molecule has 1 aliphatic heterocycles. The maximum absolute atomic E-state index is 13.2. The van der Waals surface area contributed by atoms with E-state index in [0.29, 0.717) is 59.8 Å². The minimum Gasteiger partial charge on any atom is -0.422 e. The molecule has 0 N–H and O–H groups in total. The highest BCUT2D eigenvalue weighted by Crippen LogP contribution is 2.25. The summed E-state index contributed by atoms with van der Waals surface area (Å²) < 4.78 is 7.64. The predicted molar refractivity (Wildman–Crippen MR) is 132 cm³/mol. The summed E-state index contributed by atoms with van der Waals surface area (Å²) in [5, 5.41) is 8.87. The normalized spacial score (nSPS) is 14.7. The van der Waals surface area contributed by atoms with E-state index >= 15 is 0 Å². The number of aromatic nitrogens is 6. The molecule has 0 atom stereocenters. The fourth-order valence-corrected chi connectivity index (χ4v) is 4.28. The second-order valence-electron chi connectivity index (χ2n) is 9.98. The van der Waals surface area contributed by atoms with Crippen LogP contribution < -0.4 is 4.90 Å². The number of hydrogen-bond donors (Lipinski definition) is 0. The van der Waals surface area contributed by atoms with Gasteiger partial charge in [0.1, 0.15) is 10.8 Å². The Kier molecular flexibility index (Phi) is 5.92. The molecular formula is C24H27ClN8O2. The number of halogens is 1. The van der Waals surface area contributed by atoms with Crippen molar-refractivity contribution in [2.75, 3.05) is 31.1 Å². The molecule has 0 spiro atoms. The number of carbonyl (C=O) groups excluding carboxylic acids is 1. The quantitative estimate of drug-likeness (QED) is 0.394. The molecule has 1 fully saturated rings. The summed E-state index contributed by atoms with van der Waals surface area (Å²) in [4.78, 5) is 30.2. The standard InChI is InChI=1S/C24H27ClN8O2/c1-15-11-16(12-26-20(15)17-13-33(30-29-17)14-24(2,3)4)22(34)31-7-9-32(10-8-31)23-28-21-18(35-23)5-6-19(25)27-21/h5-6,11-13H,7-10,14H2,1-4H3. The molecule has 0 saturated carbocycles. The van der Waals surface area contributed by atoms with Gasteiger partial charge in [-0.2, -0.15) is 4.98 Å². The highest BCUT2D eigenvalue weighted by molar-refractivity contribution is 6.29. The van der Waals surface area contributed by atoms with Gasteiger partial charge in [0, 0.05) is 38.9 Å². The van der Waals surface area contributed by atoms with Crippen molar-refractivity contribution in [2.24, 2.45) is 5.41 Å². The van der Waals surface area contributed by atoms with Crippen molar-refractivity contribution in [1.29, 1.82) is 0 Å². The second kappa shape index (κ2) is 8.92. The summed E-state index contributed by atoms with van der Waals surface area (Å²) in [6.07, 6.45) is 3.52. The summed E-state index contributed by atoms with van der Waals surface area (Å²) in [6.45, 7) is 11.5. The first-order valence-electron chi connectivity index (χ1n) is 11.5. The van der Waals surface area contributed by atoms with Crippen molar-refractivity contribution in [3.63, 3.8) is 0 Å². The van der Waals surface area contributed by atoms with Crippen LogP contribution in [0.25, 0.3) is 22.6 Å². The van der Waals surface area contributed by atoms with Crippen LogP contribution in [0.3, 0.4) is 0 Å². The topological polar surface area (TPSA) is 106 Å². The average Bonchev–Trinajstić information content (AvgIpc) is 3.44. The predicted octanol–water partition coefficient (Wildman–Crippen LogP) is 3.85.